The van der Waals surface area contributed by atoms with Crippen molar-refractivity contribution in [3.05, 3.63) is 138 Å². The zero-order chi connectivity index (χ0) is 23.4. The maximum Gasteiger partial charge on any atom is 0.260 e. The Kier molecular flexibility index (Phi) is 5.91. The number of hydroxylamine groups is 1. The number of aromatic nitrogens is 1. The number of amides is 1. The fraction of sp³-hybridized carbons (Fsp3) is 0.0714. The predicted octanol–water partition coefficient (Wildman–Crippen LogP) is 4.25. The minimum Gasteiger partial charge on any atom is -0.376 e. The van der Waals surface area contributed by atoms with Gasteiger partial charge in [-0.15, -0.1) is 0 Å². The van der Waals surface area contributed by atoms with Crippen molar-refractivity contribution in [1.29, 1.82) is 0 Å². The molecule has 1 aliphatic rings. The van der Waals surface area contributed by atoms with Gasteiger partial charge in [0.2, 0.25) is 0 Å². The van der Waals surface area contributed by atoms with E-state index < -0.39 is 11.7 Å². The summed E-state index contributed by atoms with van der Waals surface area (Å²) in [5.74, 6) is -0.305. The topological polar surface area (TPSA) is 83.5 Å². The Labute approximate surface area is 197 Å². The maximum absolute atomic E-state index is 12.7. The van der Waals surface area contributed by atoms with Crippen molar-refractivity contribution >= 4 is 17.3 Å². The lowest BCUT2D eigenvalue weighted by molar-refractivity contribution is -0.125. The molecule has 3 N–H and O–H groups in total. The lowest BCUT2D eigenvalue weighted by Gasteiger charge is -2.30. The van der Waals surface area contributed by atoms with E-state index in [0.717, 1.165) is 16.7 Å². The van der Waals surface area contributed by atoms with Crippen molar-refractivity contribution in [1.82, 2.24) is 10.5 Å². The summed E-state index contributed by atoms with van der Waals surface area (Å²) in [6.45, 7) is 0. The first-order valence-electron chi connectivity index (χ1n) is 10.9. The number of hydrogen-bond donors (Lipinski definition) is 3. The van der Waals surface area contributed by atoms with Crippen LogP contribution in [-0.2, 0) is 15.2 Å². The highest BCUT2D eigenvalue weighted by Crippen LogP contribution is 2.37. The fourth-order valence-electron chi connectivity index (χ4n) is 4.02. The molecule has 5 rings (SSSR count). The van der Waals surface area contributed by atoms with Crippen LogP contribution in [0.25, 0.3) is 5.70 Å². The van der Waals surface area contributed by atoms with Gasteiger partial charge in [0, 0.05) is 23.6 Å². The van der Waals surface area contributed by atoms with E-state index >= 15 is 0 Å². The second-order valence-corrected chi connectivity index (χ2v) is 7.97. The van der Waals surface area contributed by atoms with Gasteiger partial charge in [0.05, 0.1) is 5.70 Å². The number of benzene rings is 3. The van der Waals surface area contributed by atoms with E-state index in [2.05, 4.69) is 15.8 Å². The zero-order valence-electron chi connectivity index (χ0n) is 18.3. The third kappa shape index (κ3) is 4.20. The Balaban J connectivity index is 1.37. The van der Waals surface area contributed by atoms with E-state index in [1.165, 1.54) is 0 Å². The first kappa shape index (κ1) is 21.6. The normalized spacial score (nSPS) is 15.3. The number of hydrogen-bond acceptors (Lipinski definition) is 5. The number of anilines is 1. The molecule has 0 bridgehead atoms. The summed E-state index contributed by atoms with van der Waals surface area (Å²) in [5, 5.41) is 14.7. The number of nitrogens with zero attached hydrogens (tertiary/aromatic N) is 1. The Morgan fingerprint density at radius 2 is 1.47 bits per heavy atom. The molecule has 6 heteroatoms. The van der Waals surface area contributed by atoms with Gasteiger partial charge in [-0.3, -0.25) is 20.1 Å². The highest BCUT2D eigenvalue weighted by molar-refractivity contribution is 5.97. The lowest BCUT2D eigenvalue weighted by atomic mass is 9.80. The van der Waals surface area contributed by atoms with Gasteiger partial charge in [0.25, 0.3) is 5.91 Å². The summed E-state index contributed by atoms with van der Waals surface area (Å²) >= 11 is 0. The number of carbonyl (C=O) groups excluding carboxylic acids is 1. The summed E-state index contributed by atoms with van der Waals surface area (Å²) in [6.07, 6.45) is 4.32. The lowest BCUT2D eigenvalue weighted by Crippen LogP contribution is -2.29. The summed E-state index contributed by atoms with van der Waals surface area (Å²) in [6, 6.07) is 30.0. The van der Waals surface area contributed by atoms with Crippen LogP contribution in [0.15, 0.2) is 116 Å². The second-order valence-electron chi connectivity index (χ2n) is 7.97. The van der Waals surface area contributed by atoms with Gasteiger partial charge in [-0.05, 0) is 47.0 Å². The molecule has 1 aliphatic heterocycles. The van der Waals surface area contributed by atoms with Gasteiger partial charge in [-0.2, -0.15) is 0 Å². The largest absolute Gasteiger partial charge is 0.376 e. The van der Waals surface area contributed by atoms with Gasteiger partial charge >= 0.3 is 0 Å². The van der Waals surface area contributed by atoms with Gasteiger partial charge in [-0.1, -0.05) is 72.8 Å². The quantitative estimate of drug-likeness (QED) is 0.384. The third-order valence-corrected chi connectivity index (χ3v) is 5.80. The second kappa shape index (κ2) is 9.31. The molecule has 0 saturated carbocycles. The molecule has 1 unspecified atom stereocenters. The predicted molar refractivity (Wildman–Crippen MR) is 130 cm³/mol. The van der Waals surface area contributed by atoms with Crippen LogP contribution in [0.4, 0.5) is 5.69 Å². The molecule has 0 radical (unpaired) electrons. The molecule has 0 aliphatic carbocycles. The molecular formula is C28H23N3O3. The van der Waals surface area contributed by atoms with Crippen LogP contribution in [0.2, 0.25) is 0 Å². The monoisotopic (exact) mass is 449 g/mol. The molecule has 3 aromatic carbocycles. The van der Waals surface area contributed by atoms with Crippen molar-refractivity contribution in [2.24, 2.45) is 0 Å². The molecule has 1 aromatic heterocycles. The third-order valence-electron chi connectivity index (χ3n) is 5.80. The van der Waals surface area contributed by atoms with Crippen molar-refractivity contribution < 1.29 is 14.7 Å². The van der Waals surface area contributed by atoms with Crippen LogP contribution in [0.3, 0.4) is 0 Å². The molecule has 0 spiro atoms. The van der Waals surface area contributed by atoms with Crippen LogP contribution in [-0.4, -0.2) is 22.1 Å². The summed E-state index contributed by atoms with van der Waals surface area (Å²) in [4.78, 5) is 22.2. The van der Waals surface area contributed by atoms with Crippen LogP contribution >= 0.6 is 0 Å². The molecule has 168 valence electrons. The molecule has 1 atom stereocenters. The van der Waals surface area contributed by atoms with Gasteiger partial charge in [0.15, 0.2) is 6.10 Å². The number of nitrogens with one attached hydrogen (secondary N) is 2. The van der Waals surface area contributed by atoms with Gasteiger partial charge in [0.1, 0.15) is 5.60 Å². The summed E-state index contributed by atoms with van der Waals surface area (Å²) < 4.78 is 0. The minimum atomic E-state index is -1.33. The fourth-order valence-corrected chi connectivity index (χ4v) is 4.02. The Morgan fingerprint density at radius 3 is 2.06 bits per heavy atom. The standard InChI is InChI=1S/C28H23N3O3/c32-27(26-18-25(31-34-26)20-8-7-17-29-19-20)30-24-15-13-23(14-16-24)28(33,21-9-3-1-4-10-21)22-11-5-2-6-12-22/h1-19,26,31,33H,(H,30,32). The van der Waals surface area contributed by atoms with Crippen molar-refractivity contribution in [2.45, 2.75) is 11.7 Å². The number of carbonyl (C=O) groups is 1. The smallest absolute Gasteiger partial charge is 0.260 e. The summed E-state index contributed by atoms with van der Waals surface area (Å²) in [7, 11) is 0. The first-order valence-corrected chi connectivity index (χ1v) is 10.9. The number of aliphatic hydroxyl groups is 1. The van der Waals surface area contributed by atoms with Crippen LogP contribution < -0.4 is 10.8 Å². The van der Waals surface area contributed by atoms with Crippen LogP contribution in [0, 0.1) is 0 Å². The van der Waals surface area contributed by atoms with E-state index in [1.54, 1.807) is 30.6 Å². The summed E-state index contributed by atoms with van der Waals surface area (Å²) in [5.41, 5.74) is 5.80. The van der Waals surface area contributed by atoms with Crippen LogP contribution in [0.5, 0.6) is 0 Å². The molecule has 0 fully saturated rings. The Bertz CT molecular complexity index is 1250. The SMILES string of the molecule is O=C(Nc1ccc(C(O)(c2ccccc2)c2ccccc2)cc1)C1C=C(c2cccnc2)NO1. The highest BCUT2D eigenvalue weighted by Gasteiger charge is 2.33. The van der Waals surface area contributed by atoms with E-state index in [9.17, 15) is 9.90 Å². The van der Waals surface area contributed by atoms with Gasteiger partial charge < -0.3 is 10.4 Å². The zero-order valence-corrected chi connectivity index (χ0v) is 18.3. The van der Waals surface area contributed by atoms with Gasteiger partial charge in [-0.25, -0.2) is 0 Å². The maximum atomic E-state index is 12.7. The first-order chi connectivity index (χ1) is 16.6. The van der Waals surface area contributed by atoms with Crippen molar-refractivity contribution in [3.63, 3.8) is 0 Å². The van der Waals surface area contributed by atoms with Crippen LogP contribution in [0.1, 0.15) is 22.3 Å². The Hall–Kier alpha value is -4.26. The molecule has 1 amide bonds. The molecule has 6 nitrogen and oxygen atoms in total. The minimum absolute atomic E-state index is 0.305. The Morgan fingerprint density at radius 1 is 0.853 bits per heavy atom. The van der Waals surface area contributed by atoms with E-state index in [1.807, 2.05) is 84.9 Å². The molecule has 2 heterocycles. The molecule has 0 saturated heterocycles. The van der Waals surface area contributed by atoms with Crippen molar-refractivity contribution in [2.75, 3.05) is 5.32 Å². The highest BCUT2D eigenvalue weighted by atomic mass is 16.7. The molecule has 34 heavy (non-hydrogen) atoms. The van der Waals surface area contributed by atoms with Crippen molar-refractivity contribution in [3.8, 4) is 0 Å². The van der Waals surface area contributed by atoms with E-state index in [0.29, 0.717) is 16.9 Å². The number of pyridine rings is 1. The average molecular weight is 450 g/mol. The molecule has 4 aromatic rings. The van der Waals surface area contributed by atoms with E-state index in [4.69, 9.17) is 4.84 Å². The average Bonchev–Trinajstić information content (AvgIpc) is 3.41. The molecular weight excluding hydrogens is 426 g/mol. The van der Waals surface area contributed by atoms with E-state index in [-0.39, 0.29) is 5.91 Å². The number of rotatable bonds is 6.